The van der Waals surface area contributed by atoms with Crippen LogP contribution < -0.4 is 10.1 Å². The summed E-state index contributed by atoms with van der Waals surface area (Å²) in [6, 6.07) is 7.12. The highest BCUT2D eigenvalue weighted by molar-refractivity contribution is 8.13. The maximum absolute atomic E-state index is 12.5. The number of aliphatic imine (C=N–C) groups is 1. The number of hydrogen-bond donors (Lipinski definition) is 1. The van der Waals surface area contributed by atoms with Gasteiger partial charge in [0.1, 0.15) is 24.6 Å². The summed E-state index contributed by atoms with van der Waals surface area (Å²) in [5, 5.41) is 6.78. The molecule has 0 unspecified atom stereocenters. The van der Waals surface area contributed by atoms with Crippen molar-refractivity contribution < 1.29 is 23.9 Å². The van der Waals surface area contributed by atoms with Gasteiger partial charge in [-0.1, -0.05) is 29.6 Å². The number of nitrogens with zero attached hydrogens (tertiary/aromatic N) is 2. The van der Waals surface area contributed by atoms with Crippen LogP contribution in [0.5, 0.6) is 5.75 Å². The van der Waals surface area contributed by atoms with Crippen LogP contribution >= 0.6 is 11.8 Å². The molecular formula is C21H29N3O5S. The fourth-order valence-electron chi connectivity index (χ4n) is 2.04. The minimum atomic E-state index is -0.773. The number of rotatable bonds is 8. The summed E-state index contributed by atoms with van der Waals surface area (Å²) in [6.07, 6.45) is 2.51. The van der Waals surface area contributed by atoms with E-state index >= 15 is 0 Å². The normalized spacial score (nSPS) is 12.2. The van der Waals surface area contributed by atoms with E-state index in [4.69, 9.17) is 14.3 Å². The van der Waals surface area contributed by atoms with Crippen molar-refractivity contribution in [1.82, 2.24) is 5.32 Å². The largest absolute Gasteiger partial charge is 0.490 e. The van der Waals surface area contributed by atoms with Crippen LogP contribution in [0.1, 0.15) is 39.7 Å². The lowest BCUT2D eigenvalue weighted by Gasteiger charge is -2.17. The van der Waals surface area contributed by atoms with Crippen molar-refractivity contribution in [2.45, 2.75) is 39.7 Å². The molecule has 0 atom stereocenters. The second-order valence-electron chi connectivity index (χ2n) is 6.91. The molecule has 0 aliphatic heterocycles. The van der Waals surface area contributed by atoms with Crippen molar-refractivity contribution >= 4 is 34.6 Å². The average molecular weight is 436 g/mol. The Morgan fingerprint density at radius 1 is 1.23 bits per heavy atom. The van der Waals surface area contributed by atoms with E-state index in [0.717, 1.165) is 11.8 Å². The molecule has 164 valence electrons. The highest BCUT2D eigenvalue weighted by atomic mass is 32.2. The number of amidine groups is 1. The van der Waals surface area contributed by atoms with Crippen LogP contribution in [0.15, 0.2) is 47.1 Å². The van der Waals surface area contributed by atoms with Gasteiger partial charge in [0.05, 0.1) is 12.1 Å². The lowest BCUT2D eigenvalue weighted by Crippen LogP contribution is -2.31. The van der Waals surface area contributed by atoms with Crippen molar-refractivity contribution in [3.05, 3.63) is 42.5 Å². The van der Waals surface area contributed by atoms with Gasteiger partial charge in [-0.2, -0.15) is 4.99 Å². The van der Waals surface area contributed by atoms with Crippen LogP contribution in [0.3, 0.4) is 0 Å². The summed E-state index contributed by atoms with van der Waals surface area (Å²) in [5.41, 5.74) is 0.467. The predicted molar refractivity (Wildman–Crippen MR) is 120 cm³/mol. The molecule has 9 heteroatoms. The third-order valence-electron chi connectivity index (χ3n) is 3.21. The highest BCUT2D eigenvalue weighted by Gasteiger charge is 2.18. The maximum atomic E-state index is 12.5. The Balaban J connectivity index is 2.88. The van der Waals surface area contributed by atoms with Crippen LogP contribution in [0.4, 0.5) is 4.79 Å². The van der Waals surface area contributed by atoms with E-state index < -0.39 is 17.6 Å². The summed E-state index contributed by atoms with van der Waals surface area (Å²) >= 11 is 1.12. The summed E-state index contributed by atoms with van der Waals surface area (Å²) in [5.74, 6) is 0.283. The van der Waals surface area contributed by atoms with Gasteiger partial charge in [-0.3, -0.25) is 4.79 Å². The molecule has 0 saturated heterocycles. The van der Waals surface area contributed by atoms with E-state index in [1.807, 2.05) is 0 Å². The first-order valence-electron chi connectivity index (χ1n) is 9.37. The third kappa shape index (κ3) is 10.1. The van der Waals surface area contributed by atoms with E-state index in [1.165, 1.54) is 0 Å². The zero-order valence-electron chi connectivity index (χ0n) is 18.1. The van der Waals surface area contributed by atoms with Gasteiger partial charge in [0, 0.05) is 5.56 Å². The quantitative estimate of drug-likeness (QED) is 0.285. The standard InChI is InChI=1S/C21H29N3O5S/c1-7-13-27-16-11-9-15(10-12-16)17(24-28-8-2)14-18(25)22-19(30-6)23-20(26)29-21(3,4)5/h7,9-12H,1,8,13-14H2,2-6H3,(H,22,23,25,26)/b24-17-. The second kappa shape index (κ2) is 12.7. The van der Waals surface area contributed by atoms with Gasteiger partial charge in [-0.05, 0) is 58.2 Å². The Bertz CT molecular complexity index is 783. The fraction of sp³-hybridized carbons (Fsp3) is 0.429. The first-order valence-corrected chi connectivity index (χ1v) is 10.6. The van der Waals surface area contributed by atoms with Crippen molar-refractivity contribution in [3.8, 4) is 5.75 Å². The number of benzene rings is 1. The average Bonchev–Trinajstić information content (AvgIpc) is 2.68. The molecule has 30 heavy (non-hydrogen) atoms. The van der Waals surface area contributed by atoms with Crippen LogP contribution in [0.25, 0.3) is 0 Å². The molecule has 0 radical (unpaired) electrons. The van der Waals surface area contributed by atoms with Gasteiger partial charge in [0.2, 0.25) is 5.91 Å². The van der Waals surface area contributed by atoms with Gasteiger partial charge in [-0.25, -0.2) is 4.79 Å². The SMILES string of the molecule is C=CCOc1ccc(/C(CC(=O)NC(=NC(=O)OC(C)(C)C)SC)=N\OCC)cc1. The van der Waals surface area contributed by atoms with Crippen LogP contribution in [-0.2, 0) is 14.4 Å². The smallest absolute Gasteiger partial charge is 0.436 e. The zero-order chi connectivity index (χ0) is 22.6. The molecule has 0 aromatic heterocycles. The van der Waals surface area contributed by atoms with E-state index in [2.05, 4.69) is 22.0 Å². The molecule has 1 N–H and O–H groups in total. The Hall–Kier alpha value is -2.81. The number of ether oxygens (including phenoxy) is 2. The Labute approximate surface area is 181 Å². The molecule has 1 rings (SSSR count). The maximum Gasteiger partial charge on any atom is 0.436 e. The number of hydrogen-bond acceptors (Lipinski definition) is 7. The fourth-order valence-corrected chi connectivity index (χ4v) is 2.42. The summed E-state index contributed by atoms with van der Waals surface area (Å²) in [4.78, 5) is 33.3. The molecule has 0 aliphatic carbocycles. The molecular weight excluding hydrogens is 406 g/mol. The lowest BCUT2D eigenvalue weighted by molar-refractivity contribution is -0.118. The molecule has 0 aliphatic rings. The lowest BCUT2D eigenvalue weighted by atomic mass is 10.1. The number of nitrogens with one attached hydrogen (secondary N) is 1. The van der Waals surface area contributed by atoms with E-state index in [0.29, 0.717) is 30.2 Å². The van der Waals surface area contributed by atoms with Gasteiger partial charge < -0.3 is 19.6 Å². The molecule has 1 aromatic carbocycles. The molecule has 0 heterocycles. The second-order valence-corrected chi connectivity index (χ2v) is 7.70. The summed E-state index contributed by atoms with van der Waals surface area (Å²) in [7, 11) is 0. The highest BCUT2D eigenvalue weighted by Crippen LogP contribution is 2.15. The summed E-state index contributed by atoms with van der Waals surface area (Å²) < 4.78 is 10.6. The number of carbonyl (C=O) groups excluding carboxylic acids is 2. The molecule has 1 aromatic rings. The number of thioether (sulfide) groups is 1. The Kier molecular flexibility index (Phi) is 10.7. The zero-order valence-corrected chi connectivity index (χ0v) is 18.9. The molecule has 0 spiro atoms. The Morgan fingerprint density at radius 3 is 2.43 bits per heavy atom. The minimum absolute atomic E-state index is 0.0687. The van der Waals surface area contributed by atoms with Crippen molar-refractivity contribution in [1.29, 1.82) is 0 Å². The predicted octanol–water partition coefficient (Wildman–Crippen LogP) is 4.15. The first-order chi connectivity index (χ1) is 14.2. The van der Waals surface area contributed by atoms with Gasteiger partial charge in [0.25, 0.3) is 0 Å². The van der Waals surface area contributed by atoms with Crippen molar-refractivity contribution in [2.24, 2.45) is 10.1 Å². The first kappa shape index (κ1) is 25.2. The monoisotopic (exact) mass is 435 g/mol. The molecule has 0 bridgehead atoms. The van der Waals surface area contributed by atoms with Crippen LogP contribution in [0.2, 0.25) is 0 Å². The molecule has 2 amide bonds. The topological polar surface area (TPSA) is 98.6 Å². The van der Waals surface area contributed by atoms with Crippen molar-refractivity contribution in [2.75, 3.05) is 19.5 Å². The van der Waals surface area contributed by atoms with Gasteiger partial charge in [-0.15, -0.1) is 0 Å². The van der Waals surface area contributed by atoms with E-state index in [9.17, 15) is 9.59 Å². The number of amides is 2. The van der Waals surface area contributed by atoms with E-state index in [1.54, 1.807) is 64.3 Å². The Morgan fingerprint density at radius 2 is 1.90 bits per heavy atom. The molecule has 8 nitrogen and oxygen atoms in total. The minimum Gasteiger partial charge on any atom is -0.490 e. The van der Waals surface area contributed by atoms with Gasteiger partial charge in [0.15, 0.2) is 5.17 Å². The third-order valence-corrected chi connectivity index (χ3v) is 3.79. The summed E-state index contributed by atoms with van der Waals surface area (Å²) in [6.45, 7) is 11.4. The van der Waals surface area contributed by atoms with Crippen molar-refractivity contribution in [3.63, 3.8) is 0 Å². The van der Waals surface area contributed by atoms with Crippen LogP contribution in [-0.4, -0.2) is 48.0 Å². The van der Waals surface area contributed by atoms with E-state index in [-0.39, 0.29) is 11.6 Å². The number of oxime groups is 1. The van der Waals surface area contributed by atoms with Crippen LogP contribution in [0, 0.1) is 0 Å². The van der Waals surface area contributed by atoms with Gasteiger partial charge >= 0.3 is 6.09 Å². The number of carbonyl (C=O) groups is 2. The molecule has 0 fully saturated rings. The molecule has 0 saturated carbocycles.